The highest BCUT2D eigenvalue weighted by Crippen LogP contribution is 2.21. The molecule has 0 radical (unpaired) electrons. The van der Waals surface area contributed by atoms with E-state index in [1.165, 1.54) is 0 Å². The summed E-state index contributed by atoms with van der Waals surface area (Å²) in [5, 5.41) is 4.14. The van der Waals surface area contributed by atoms with Crippen LogP contribution >= 0.6 is 0 Å². The van der Waals surface area contributed by atoms with E-state index < -0.39 is 0 Å². The van der Waals surface area contributed by atoms with Gasteiger partial charge in [-0.1, -0.05) is 0 Å². The van der Waals surface area contributed by atoms with Crippen molar-refractivity contribution in [2.75, 3.05) is 30.3 Å². The Labute approximate surface area is 117 Å². The number of nitrogen functional groups attached to an aromatic ring is 1. The van der Waals surface area contributed by atoms with Crippen molar-refractivity contribution in [2.45, 2.75) is 6.54 Å². The Balaban J connectivity index is 1.63. The normalized spacial score (nSPS) is 15.1. The van der Waals surface area contributed by atoms with E-state index in [0.717, 1.165) is 12.2 Å². The first-order valence-electron chi connectivity index (χ1n) is 6.63. The minimum Gasteiger partial charge on any atom is -0.399 e. The number of nitrogens with two attached hydrogens (primary N) is 1. The number of rotatable bonds is 4. The van der Waals surface area contributed by atoms with Gasteiger partial charge in [0.15, 0.2) is 0 Å². The second-order valence-electron chi connectivity index (χ2n) is 4.78. The highest BCUT2D eigenvalue weighted by atomic mass is 16.2. The minimum atomic E-state index is 0.0435. The van der Waals surface area contributed by atoms with Crippen molar-refractivity contribution >= 4 is 17.4 Å². The van der Waals surface area contributed by atoms with Gasteiger partial charge < -0.3 is 10.6 Å². The van der Waals surface area contributed by atoms with E-state index in [0.29, 0.717) is 25.3 Å². The second-order valence-corrected chi connectivity index (χ2v) is 4.78. The summed E-state index contributed by atoms with van der Waals surface area (Å²) >= 11 is 0. The Morgan fingerprint density at radius 1 is 1.15 bits per heavy atom. The van der Waals surface area contributed by atoms with Gasteiger partial charge in [-0.2, -0.15) is 5.10 Å². The Bertz CT molecular complexity index is 578. The molecule has 104 valence electrons. The van der Waals surface area contributed by atoms with E-state index in [1.807, 2.05) is 46.1 Å². The van der Waals surface area contributed by atoms with Crippen molar-refractivity contribution in [2.24, 2.45) is 0 Å². The highest BCUT2D eigenvalue weighted by Gasteiger charge is 2.28. The summed E-state index contributed by atoms with van der Waals surface area (Å²) in [6.07, 6.45) is 3.64. The molecule has 2 amide bonds. The van der Waals surface area contributed by atoms with E-state index in [-0.39, 0.29) is 6.03 Å². The predicted octanol–water partition coefficient (Wildman–Crippen LogP) is 1.41. The van der Waals surface area contributed by atoms with Crippen LogP contribution in [0.25, 0.3) is 0 Å². The van der Waals surface area contributed by atoms with Crippen LogP contribution in [0.15, 0.2) is 42.7 Å². The average Bonchev–Trinajstić information content (AvgIpc) is 3.08. The van der Waals surface area contributed by atoms with Gasteiger partial charge in [0.05, 0.1) is 6.54 Å². The minimum absolute atomic E-state index is 0.0435. The number of aromatic nitrogens is 2. The number of hydrogen-bond acceptors (Lipinski definition) is 3. The lowest BCUT2D eigenvalue weighted by molar-refractivity contribution is 0.218. The molecule has 6 nitrogen and oxygen atoms in total. The fourth-order valence-electron chi connectivity index (χ4n) is 2.34. The third kappa shape index (κ3) is 2.45. The lowest BCUT2D eigenvalue weighted by Gasteiger charge is -2.18. The molecule has 20 heavy (non-hydrogen) atoms. The second kappa shape index (κ2) is 5.24. The molecule has 0 spiro atoms. The highest BCUT2D eigenvalue weighted by molar-refractivity contribution is 5.94. The van der Waals surface area contributed by atoms with Gasteiger partial charge in [0.1, 0.15) is 0 Å². The first kappa shape index (κ1) is 12.5. The lowest BCUT2D eigenvalue weighted by atomic mass is 10.2. The Morgan fingerprint density at radius 3 is 2.65 bits per heavy atom. The van der Waals surface area contributed by atoms with Crippen LogP contribution in [-0.4, -0.2) is 40.3 Å². The number of hydrogen-bond donors (Lipinski definition) is 1. The topological polar surface area (TPSA) is 67.4 Å². The average molecular weight is 271 g/mol. The zero-order chi connectivity index (χ0) is 13.9. The Kier molecular flexibility index (Phi) is 3.28. The molecule has 2 heterocycles. The summed E-state index contributed by atoms with van der Waals surface area (Å²) < 4.78 is 1.83. The summed E-state index contributed by atoms with van der Waals surface area (Å²) in [7, 11) is 0. The number of carbonyl (C=O) groups excluding carboxylic acids is 1. The van der Waals surface area contributed by atoms with Gasteiger partial charge in [-0.3, -0.25) is 9.58 Å². The zero-order valence-corrected chi connectivity index (χ0v) is 11.1. The molecule has 3 rings (SSSR count). The van der Waals surface area contributed by atoms with Crippen LogP contribution in [0.2, 0.25) is 0 Å². The van der Waals surface area contributed by atoms with Gasteiger partial charge in [0.2, 0.25) is 0 Å². The van der Waals surface area contributed by atoms with Crippen molar-refractivity contribution in [1.82, 2.24) is 14.7 Å². The van der Waals surface area contributed by atoms with Gasteiger partial charge in [-0.25, -0.2) is 4.79 Å². The fourth-order valence-corrected chi connectivity index (χ4v) is 2.34. The maximum absolute atomic E-state index is 12.3. The van der Waals surface area contributed by atoms with Crippen molar-refractivity contribution in [3.63, 3.8) is 0 Å². The van der Waals surface area contributed by atoms with Crippen LogP contribution in [0.3, 0.4) is 0 Å². The number of benzene rings is 1. The maximum Gasteiger partial charge on any atom is 0.324 e. The molecule has 6 heteroatoms. The summed E-state index contributed by atoms with van der Waals surface area (Å²) in [5.41, 5.74) is 7.26. The number of amides is 2. The fraction of sp³-hybridized carbons (Fsp3) is 0.286. The molecule has 1 fully saturated rings. The van der Waals surface area contributed by atoms with Crippen LogP contribution in [0.1, 0.15) is 0 Å². The van der Waals surface area contributed by atoms with Crippen molar-refractivity contribution < 1.29 is 4.79 Å². The maximum atomic E-state index is 12.3. The monoisotopic (exact) mass is 271 g/mol. The molecule has 1 aromatic carbocycles. The van der Waals surface area contributed by atoms with Crippen molar-refractivity contribution in [3.05, 3.63) is 42.7 Å². The largest absolute Gasteiger partial charge is 0.399 e. The van der Waals surface area contributed by atoms with Gasteiger partial charge in [0, 0.05) is 43.4 Å². The zero-order valence-electron chi connectivity index (χ0n) is 11.1. The first-order chi connectivity index (χ1) is 9.74. The summed E-state index contributed by atoms with van der Waals surface area (Å²) in [6, 6.07) is 9.31. The van der Waals surface area contributed by atoms with E-state index in [9.17, 15) is 4.79 Å². The number of nitrogens with zero attached hydrogens (tertiary/aromatic N) is 4. The summed E-state index contributed by atoms with van der Waals surface area (Å²) in [5.74, 6) is 0. The van der Waals surface area contributed by atoms with E-state index in [1.54, 1.807) is 11.1 Å². The van der Waals surface area contributed by atoms with Crippen LogP contribution in [-0.2, 0) is 6.54 Å². The lowest BCUT2D eigenvalue weighted by Crippen LogP contribution is -2.33. The Morgan fingerprint density at radius 2 is 1.95 bits per heavy atom. The molecule has 0 atom stereocenters. The molecule has 1 saturated heterocycles. The molecule has 2 N–H and O–H groups in total. The molecule has 1 aromatic heterocycles. The molecule has 2 aromatic rings. The van der Waals surface area contributed by atoms with Crippen molar-refractivity contribution in [3.8, 4) is 0 Å². The number of anilines is 2. The molecule has 0 unspecified atom stereocenters. The predicted molar refractivity (Wildman–Crippen MR) is 77.4 cm³/mol. The first-order valence-corrected chi connectivity index (χ1v) is 6.63. The number of urea groups is 1. The molecule has 0 aliphatic carbocycles. The van der Waals surface area contributed by atoms with Crippen LogP contribution < -0.4 is 10.6 Å². The number of carbonyl (C=O) groups is 1. The summed E-state index contributed by atoms with van der Waals surface area (Å²) in [6.45, 7) is 2.84. The van der Waals surface area contributed by atoms with Gasteiger partial charge in [0.25, 0.3) is 0 Å². The van der Waals surface area contributed by atoms with Crippen LogP contribution in [0, 0.1) is 0 Å². The SMILES string of the molecule is Nc1ccc(N2CCN(CCn3cccn3)C2=O)cc1. The molecule has 0 bridgehead atoms. The van der Waals surface area contributed by atoms with Crippen LogP contribution in [0.5, 0.6) is 0 Å². The molecule has 0 saturated carbocycles. The van der Waals surface area contributed by atoms with Gasteiger partial charge in [-0.15, -0.1) is 0 Å². The molecular weight excluding hydrogens is 254 g/mol. The van der Waals surface area contributed by atoms with E-state index >= 15 is 0 Å². The smallest absolute Gasteiger partial charge is 0.324 e. The summed E-state index contributed by atoms with van der Waals surface area (Å²) in [4.78, 5) is 16.0. The quantitative estimate of drug-likeness (QED) is 0.855. The van der Waals surface area contributed by atoms with Gasteiger partial charge >= 0.3 is 6.03 Å². The molecular formula is C14H17N5O. The van der Waals surface area contributed by atoms with Crippen molar-refractivity contribution in [1.29, 1.82) is 0 Å². The standard InChI is InChI=1S/C14H17N5O/c15-12-2-4-13(5-3-12)19-11-9-17(14(19)20)8-10-18-7-1-6-16-18/h1-7H,8-11,15H2. The van der Waals surface area contributed by atoms with Gasteiger partial charge in [-0.05, 0) is 30.3 Å². The molecule has 1 aliphatic heterocycles. The molecule has 1 aliphatic rings. The van der Waals surface area contributed by atoms with Crippen LogP contribution in [0.4, 0.5) is 16.2 Å². The van der Waals surface area contributed by atoms with E-state index in [4.69, 9.17) is 5.73 Å². The third-order valence-electron chi connectivity index (χ3n) is 3.46. The Hall–Kier alpha value is -2.50. The van der Waals surface area contributed by atoms with E-state index in [2.05, 4.69) is 5.10 Å². The third-order valence-corrected chi connectivity index (χ3v) is 3.46.